The van der Waals surface area contributed by atoms with Crippen molar-refractivity contribution in [2.45, 2.75) is 38.9 Å². The van der Waals surface area contributed by atoms with Gasteiger partial charge in [0, 0.05) is 52.2 Å². The maximum Gasteiger partial charge on any atom is 0.0922 e. The molecule has 0 bridgehead atoms. The van der Waals surface area contributed by atoms with Gasteiger partial charge in [-0.15, -0.1) is 45.3 Å². The highest BCUT2D eigenvalue weighted by molar-refractivity contribution is 7.34. The summed E-state index contributed by atoms with van der Waals surface area (Å²) in [5.74, 6) is 0. The number of fused-ring (bicyclic) bond motifs is 6. The Morgan fingerprint density at radius 1 is 0.526 bits per heavy atom. The number of aryl methyl sites for hydroxylation is 2. The largest absolute Gasteiger partial charge is 0.387 e. The van der Waals surface area contributed by atoms with E-state index in [9.17, 15) is 10.2 Å². The average Bonchev–Trinajstić information content (AvgIpc) is 3.65. The molecule has 4 aromatic heterocycles. The van der Waals surface area contributed by atoms with Crippen LogP contribution in [0, 0.1) is 13.8 Å². The monoisotopic (exact) mass is 570 g/mol. The van der Waals surface area contributed by atoms with E-state index < -0.39 is 12.2 Å². The van der Waals surface area contributed by atoms with Crippen LogP contribution in [0.4, 0.5) is 0 Å². The zero-order chi connectivity index (χ0) is 26.0. The zero-order valence-corrected chi connectivity index (χ0v) is 24.3. The lowest BCUT2D eigenvalue weighted by Gasteiger charge is -2.08. The normalized spacial score (nSPS) is 13.8. The fourth-order valence-corrected chi connectivity index (χ4v) is 10.1. The number of hydrogen-bond donors (Lipinski definition) is 2. The molecule has 2 atom stereocenters. The third-order valence-electron chi connectivity index (χ3n) is 7.20. The second kappa shape index (κ2) is 9.56. The fraction of sp³-hybridized carbons (Fsp3) is 0.188. The molecule has 0 saturated carbocycles. The van der Waals surface area contributed by atoms with E-state index in [0.717, 1.165) is 20.9 Å². The highest BCUT2D eigenvalue weighted by Crippen LogP contribution is 2.47. The molecular formula is C32H26O2S4. The second-order valence-corrected chi connectivity index (χ2v) is 14.5. The second-order valence-electron chi connectivity index (χ2n) is 10.1. The molecule has 0 spiro atoms. The number of aliphatic hydroxyl groups excluding tert-OH is 2. The summed E-state index contributed by atoms with van der Waals surface area (Å²) < 4.78 is 7.61. The third-order valence-corrected chi connectivity index (χ3v) is 12.2. The summed E-state index contributed by atoms with van der Waals surface area (Å²) >= 11 is 7.07. The molecular weight excluding hydrogens is 545 g/mol. The van der Waals surface area contributed by atoms with E-state index in [1.165, 1.54) is 50.1 Å². The van der Waals surface area contributed by atoms with Gasteiger partial charge in [0.05, 0.1) is 21.6 Å². The molecule has 0 radical (unpaired) electrons. The van der Waals surface area contributed by atoms with Crippen LogP contribution in [0.5, 0.6) is 0 Å². The standard InChI is InChI=1S/C32H26O2S4/c1-17-3-7-19(8-4-17)11-23(33)27-15-29-31(37-27)21-13-26-22(14-25(21)35-29)32-30(36-26)16-28(38-32)24(34)12-20-9-5-18(2)6-10-20/h3-10,13-16,23-24,33-34H,11-12H2,1-2H3. The predicted molar refractivity (Wildman–Crippen MR) is 168 cm³/mol. The summed E-state index contributed by atoms with van der Waals surface area (Å²) in [6, 6.07) is 25.9. The van der Waals surface area contributed by atoms with Crippen molar-refractivity contribution in [3.05, 3.63) is 105 Å². The smallest absolute Gasteiger partial charge is 0.0922 e. The Bertz CT molecular complexity index is 1770. The van der Waals surface area contributed by atoms with Crippen molar-refractivity contribution in [3.63, 3.8) is 0 Å². The Balaban J connectivity index is 1.19. The quantitative estimate of drug-likeness (QED) is 0.209. The Labute approximate surface area is 237 Å². The predicted octanol–water partition coefficient (Wildman–Crippen LogP) is 9.71. The van der Waals surface area contributed by atoms with Crippen LogP contribution < -0.4 is 0 Å². The van der Waals surface area contributed by atoms with Crippen molar-refractivity contribution in [2.24, 2.45) is 0 Å². The lowest BCUT2D eigenvalue weighted by atomic mass is 10.1. The molecule has 2 unspecified atom stereocenters. The van der Waals surface area contributed by atoms with Crippen LogP contribution in [0.3, 0.4) is 0 Å². The molecule has 38 heavy (non-hydrogen) atoms. The average molecular weight is 571 g/mol. The molecule has 0 saturated heterocycles. The first-order valence-electron chi connectivity index (χ1n) is 12.7. The zero-order valence-electron chi connectivity index (χ0n) is 21.0. The van der Waals surface area contributed by atoms with Crippen LogP contribution >= 0.6 is 45.3 Å². The molecule has 190 valence electrons. The molecule has 4 heterocycles. The van der Waals surface area contributed by atoms with Crippen LogP contribution in [-0.2, 0) is 12.8 Å². The minimum atomic E-state index is -0.488. The van der Waals surface area contributed by atoms with E-state index >= 15 is 0 Å². The van der Waals surface area contributed by atoms with Crippen LogP contribution in [0.2, 0.25) is 0 Å². The molecule has 6 heteroatoms. The molecule has 7 rings (SSSR count). The molecule has 7 aromatic rings. The van der Waals surface area contributed by atoms with Crippen LogP contribution in [0.1, 0.15) is 44.2 Å². The van der Waals surface area contributed by atoms with Gasteiger partial charge in [-0.3, -0.25) is 0 Å². The number of aliphatic hydroxyl groups is 2. The van der Waals surface area contributed by atoms with Crippen molar-refractivity contribution >= 4 is 84.3 Å². The van der Waals surface area contributed by atoms with Gasteiger partial charge in [0.1, 0.15) is 0 Å². The first kappa shape index (κ1) is 24.5. The maximum atomic E-state index is 10.9. The van der Waals surface area contributed by atoms with Crippen molar-refractivity contribution < 1.29 is 10.2 Å². The van der Waals surface area contributed by atoms with E-state index in [0.29, 0.717) is 12.8 Å². The maximum absolute atomic E-state index is 10.9. The molecule has 3 aromatic carbocycles. The van der Waals surface area contributed by atoms with Crippen molar-refractivity contribution in [3.8, 4) is 0 Å². The van der Waals surface area contributed by atoms with Gasteiger partial charge in [0.25, 0.3) is 0 Å². The van der Waals surface area contributed by atoms with Crippen LogP contribution in [-0.4, -0.2) is 10.2 Å². The topological polar surface area (TPSA) is 40.5 Å². The van der Waals surface area contributed by atoms with E-state index in [4.69, 9.17) is 0 Å². The number of thiophene rings is 4. The van der Waals surface area contributed by atoms with Gasteiger partial charge in [-0.2, -0.15) is 0 Å². The lowest BCUT2D eigenvalue weighted by molar-refractivity contribution is 0.182. The van der Waals surface area contributed by atoms with Gasteiger partial charge in [-0.25, -0.2) is 0 Å². The summed E-state index contributed by atoms with van der Waals surface area (Å²) in [7, 11) is 0. The van der Waals surface area contributed by atoms with Gasteiger partial charge in [0.2, 0.25) is 0 Å². The Morgan fingerprint density at radius 2 is 0.921 bits per heavy atom. The first-order valence-corrected chi connectivity index (χ1v) is 16.0. The van der Waals surface area contributed by atoms with Crippen molar-refractivity contribution in [1.29, 1.82) is 0 Å². The molecule has 0 aliphatic rings. The minimum Gasteiger partial charge on any atom is -0.387 e. The molecule has 0 aliphatic carbocycles. The molecule has 2 nitrogen and oxygen atoms in total. The SMILES string of the molecule is Cc1ccc(CC(O)c2cc3sc4cc5c(cc4c3s2)sc2cc(C(O)Cc3ccc(C)cc3)sc25)cc1. The summed E-state index contributed by atoms with van der Waals surface area (Å²) in [5, 5.41) is 24.5. The van der Waals surface area contributed by atoms with Gasteiger partial charge in [-0.05, 0) is 49.2 Å². The molecule has 0 aliphatic heterocycles. The Hall–Kier alpha value is -2.58. The van der Waals surface area contributed by atoms with E-state index in [1.807, 2.05) is 22.7 Å². The summed E-state index contributed by atoms with van der Waals surface area (Å²) in [6.07, 6.45) is 0.293. The summed E-state index contributed by atoms with van der Waals surface area (Å²) in [6.45, 7) is 4.17. The van der Waals surface area contributed by atoms with Crippen molar-refractivity contribution in [1.82, 2.24) is 0 Å². The first-order chi connectivity index (χ1) is 18.4. The Morgan fingerprint density at radius 3 is 1.32 bits per heavy atom. The summed E-state index contributed by atoms with van der Waals surface area (Å²) in [4.78, 5) is 2.07. The van der Waals surface area contributed by atoms with Crippen LogP contribution in [0.15, 0.2) is 72.8 Å². The molecule has 0 fully saturated rings. The van der Waals surface area contributed by atoms with E-state index in [-0.39, 0.29) is 0 Å². The van der Waals surface area contributed by atoms with E-state index in [1.54, 1.807) is 22.7 Å². The van der Waals surface area contributed by atoms with Gasteiger partial charge >= 0.3 is 0 Å². The fourth-order valence-electron chi connectivity index (χ4n) is 5.06. The van der Waals surface area contributed by atoms with E-state index in [2.05, 4.69) is 86.6 Å². The lowest BCUT2D eigenvalue weighted by Crippen LogP contribution is -1.99. The Kier molecular flexibility index (Phi) is 6.15. The number of hydrogen-bond acceptors (Lipinski definition) is 6. The highest BCUT2D eigenvalue weighted by Gasteiger charge is 2.19. The van der Waals surface area contributed by atoms with Gasteiger partial charge in [0.15, 0.2) is 0 Å². The highest BCUT2D eigenvalue weighted by atomic mass is 32.1. The van der Waals surface area contributed by atoms with Gasteiger partial charge < -0.3 is 10.2 Å². The van der Waals surface area contributed by atoms with Crippen LogP contribution in [0.25, 0.3) is 39.0 Å². The number of benzene rings is 3. The minimum absolute atomic E-state index is 0.488. The summed E-state index contributed by atoms with van der Waals surface area (Å²) in [5.41, 5.74) is 4.79. The van der Waals surface area contributed by atoms with Crippen molar-refractivity contribution in [2.75, 3.05) is 0 Å². The molecule has 0 amide bonds. The van der Waals surface area contributed by atoms with Gasteiger partial charge in [-0.1, -0.05) is 59.7 Å². The number of rotatable bonds is 6. The third kappa shape index (κ3) is 4.39. The molecule has 2 N–H and O–H groups in total.